The molecule has 114 valence electrons. The first-order chi connectivity index (χ1) is 10.8. The van der Waals surface area contributed by atoms with Gasteiger partial charge in [-0.05, 0) is 56.3 Å². The summed E-state index contributed by atoms with van der Waals surface area (Å²) in [5, 5.41) is 1.94. The lowest BCUT2D eigenvalue weighted by Gasteiger charge is -2.14. The normalized spacial score (nSPS) is 15.9. The SMILES string of the molecule is Fc1ccc2[nH]c3cc(OCCN4CCCC4)ccc3c2c1. The molecule has 1 saturated heterocycles. The van der Waals surface area contributed by atoms with Gasteiger partial charge in [0.05, 0.1) is 5.52 Å². The molecule has 2 aromatic carbocycles. The van der Waals surface area contributed by atoms with Crippen molar-refractivity contribution in [1.82, 2.24) is 9.88 Å². The van der Waals surface area contributed by atoms with Gasteiger partial charge in [-0.15, -0.1) is 0 Å². The van der Waals surface area contributed by atoms with E-state index in [2.05, 4.69) is 9.88 Å². The Kier molecular flexibility index (Phi) is 3.47. The van der Waals surface area contributed by atoms with E-state index in [4.69, 9.17) is 4.74 Å². The molecule has 3 aromatic rings. The molecule has 1 aromatic heterocycles. The second-order valence-electron chi connectivity index (χ2n) is 5.92. The zero-order chi connectivity index (χ0) is 14.9. The highest BCUT2D eigenvalue weighted by Crippen LogP contribution is 2.28. The standard InChI is InChI=1S/C18H19FN2O/c19-13-3-6-17-16(11-13)15-5-4-14(12-18(15)20-17)22-10-9-21-7-1-2-8-21/h3-6,11-12,20H,1-2,7-10H2. The molecule has 1 N–H and O–H groups in total. The van der Waals surface area contributed by atoms with E-state index in [-0.39, 0.29) is 5.82 Å². The van der Waals surface area contributed by atoms with Crippen molar-refractivity contribution in [3.8, 4) is 5.75 Å². The fourth-order valence-corrected chi connectivity index (χ4v) is 3.24. The van der Waals surface area contributed by atoms with Gasteiger partial charge >= 0.3 is 0 Å². The molecule has 0 aliphatic carbocycles. The number of aromatic amines is 1. The summed E-state index contributed by atoms with van der Waals surface area (Å²) in [6, 6.07) is 10.8. The minimum absolute atomic E-state index is 0.209. The third-order valence-electron chi connectivity index (χ3n) is 4.41. The number of nitrogens with one attached hydrogen (secondary N) is 1. The Morgan fingerprint density at radius 1 is 1.00 bits per heavy atom. The van der Waals surface area contributed by atoms with Gasteiger partial charge in [-0.1, -0.05) is 0 Å². The maximum absolute atomic E-state index is 13.4. The van der Waals surface area contributed by atoms with Crippen molar-refractivity contribution in [3.63, 3.8) is 0 Å². The molecule has 0 radical (unpaired) electrons. The first-order valence-electron chi connectivity index (χ1n) is 7.86. The quantitative estimate of drug-likeness (QED) is 0.790. The highest BCUT2D eigenvalue weighted by Gasteiger charge is 2.11. The van der Waals surface area contributed by atoms with Gasteiger partial charge < -0.3 is 9.72 Å². The number of fused-ring (bicyclic) bond motifs is 3. The molecule has 1 fully saturated rings. The second kappa shape index (κ2) is 5.61. The Balaban J connectivity index is 1.54. The number of H-pyrrole nitrogens is 1. The van der Waals surface area contributed by atoms with Crippen LogP contribution in [0.1, 0.15) is 12.8 Å². The largest absolute Gasteiger partial charge is 0.492 e. The number of hydrogen-bond donors (Lipinski definition) is 1. The van der Waals surface area contributed by atoms with Crippen LogP contribution < -0.4 is 4.74 Å². The number of likely N-dealkylation sites (tertiary alicyclic amines) is 1. The first kappa shape index (κ1) is 13.6. The number of benzene rings is 2. The summed E-state index contributed by atoms with van der Waals surface area (Å²) >= 11 is 0. The van der Waals surface area contributed by atoms with Gasteiger partial charge in [-0.3, -0.25) is 4.90 Å². The van der Waals surface area contributed by atoms with Crippen LogP contribution in [0.15, 0.2) is 36.4 Å². The average molecular weight is 298 g/mol. The number of rotatable bonds is 4. The monoisotopic (exact) mass is 298 g/mol. The van der Waals surface area contributed by atoms with Gasteiger partial charge in [-0.2, -0.15) is 0 Å². The molecule has 0 unspecified atom stereocenters. The van der Waals surface area contributed by atoms with Crippen LogP contribution in [-0.2, 0) is 0 Å². The van der Waals surface area contributed by atoms with E-state index >= 15 is 0 Å². The van der Waals surface area contributed by atoms with Gasteiger partial charge in [0.2, 0.25) is 0 Å². The zero-order valence-corrected chi connectivity index (χ0v) is 12.4. The summed E-state index contributed by atoms with van der Waals surface area (Å²) in [4.78, 5) is 5.75. The molecule has 0 bridgehead atoms. The predicted molar refractivity (Wildman–Crippen MR) is 86.9 cm³/mol. The molecular formula is C18H19FN2O. The van der Waals surface area contributed by atoms with Crippen molar-refractivity contribution in [1.29, 1.82) is 0 Å². The minimum Gasteiger partial charge on any atom is -0.492 e. The zero-order valence-electron chi connectivity index (χ0n) is 12.4. The fourth-order valence-electron chi connectivity index (χ4n) is 3.24. The minimum atomic E-state index is -0.209. The molecule has 0 spiro atoms. The van der Waals surface area contributed by atoms with Crippen LogP contribution in [0.5, 0.6) is 5.75 Å². The maximum Gasteiger partial charge on any atom is 0.123 e. The molecule has 1 aliphatic rings. The van der Waals surface area contributed by atoms with Gasteiger partial charge in [-0.25, -0.2) is 4.39 Å². The Bertz CT molecular complexity index is 805. The van der Waals surface area contributed by atoms with E-state index in [1.807, 2.05) is 18.2 Å². The summed E-state index contributed by atoms with van der Waals surface area (Å²) in [7, 11) is 0. The van der Waals surface area contributed by atoms with Crippen molar-refractivity contribution >= 4 is 21.8 Å². The molecule has 4 rings (SSSR count). The maximum atomic E-state index is 13.4. The van der Waals surface area contributed by atoms with E-state index in [1.54, 1.807) is 12.1 Å². The summed E-state index contributed by atoms with van der Waals surface area (Å²) in [5.41, 5.74) is 1.94. The second-order valence-corrected chi connectivity index (χ2v) is 5.92. The van der Waals surface area contributed by atoms with Crippen LogP contribution in [-0.4, -0.2) is 36.1 Å². The van der Waals surface area contributed by atoms with Crippen molar-refractivity contribution in [2.45, 2.75) is 12.8 Å². The predicted octanol–water partition coefficient (Wildman–Crippen LogP) is 3.93. The van der Waals surface area contributed by atoms with Crippen molar-refractivity contribution in [2.75, 3.05) is 26.2 Å². The number of nitrogens with zero attached hydrogens (tertiary/aromatic N) is 1. The molecule has 0 amide bonds. The lowest BCUT2D eigenvalue weighted by atomic mass is 10.1. The smallest absolute Gasteiger partial charge is 0.123 e. The number of halogens is 1. The topological polar surface area (TPSA) is 28.3 Å². The van der Waals surface area contributed by atoms with Gasteiger partial charge in [0.15, 0.2) is 0 Å². The van der Waals surface area contributed by atoms with E-state index in [0.717, 1.165) is 34.1 Å². The van der Waals surface area contributed by atoms with E-state index in [0.29, 0.717) is 6.61 Å². The molecule has 3 nitrogen and oxygen atoms in total. The fraction of sp³-hybridized carbons (Fsp3) is 0.333. The molecule has 0 saturated carbocycles. The average Bonchev–Trinajstić information content (AvgIpc) is 3.14. The van der Waals surface area contributed by atoms with E-state index in [1.165, 1.54) is 32.0 Å². The van der Waals surface area contributed by atoms with Crippen molar-refractivity contribution in [3.05, 3.63) is 42.2 Å². The Labute approximate surface area is 128 Å². The van der Waals surface area contributed by atoms with Crippen LogP contribution >= 0.6 is 0 Å². The lowest BCUT2D eigenvalue weighted by Crippen LogP contribution is -2.25. The molecular weight excluding hydrogens is 279 g/mol. The number of ether oxygens (including phenoxy) is 1. The summed E-state index contributed by atoms with van der Waals surface area (Å²) in [6.07, 6.45) is 2.61. The summed E-state index contributed by atoms with van der Waals surface area (Å²) in [5.74, 6) is 0.651. The molecule has 4 heteroatoms. The molecule has 2 heterocycles. The van der Waals surface area contributed by atoms with Crippen LogP contribution in [0.25, 0.3) is 21.8 Å². The van der Waals surface area contributed by atoms with Crippen molar-refractivity contribution in [2.24, 2.45) is 0 Å². The van der Waals surface area contributed by atoms with Gasteiger partial charge in [0, 0.05) is 28.9 Å². The van der Waals surface area contributed by atoms with Crippen LogP contribution in [0, 0.1) is 5.82 Å². The third kappa shape index (κ3) is 2.55. The van der Waals surface area contributed by atoms with Gasteiger partial charge in [0.1, 0.15) is 18.2 Å². The summed E-state index contributed by atoms with van der Waals surface area (Å²) in [6.45, 7) is 4.07. The Morgan fingerprint density at radius 2 is 1.86 bits per heavy atom. The number of aromatic nitrogens is 1. The Hall–Kier alpha value is -2.07. The van der Waals surface area contributed by atoms with E-state index in [9.17, 15) is 4.39 Å². The van der Waals surface area contributed by atoms with Crippen LogP contribution in [0.3, 0.4) is 0 Å². The molecule has 1 aliphatic heterocycles. The molecule has 22 heavy (non-hydrogen) atoms. The highest BCUT2D eigenvalue weighted by atomic mass is 19.1. The highest BCUT2D eigenvalue weighted by molar-refractivity contribution is 6.07. The lowest BCUT2D eigenvalue weighted by molar-refractivity contribution is 0.238. The van der Waals surface area contributed by atoms with Gasteiger partial charge in [0.25, 0.3) is 0 Å². The molecule has 0 atom stereocenters. The first-order valence-corrected chi connectivity index (χ1v) is 7.86. The third-order valence-corrected chi connectivity index (χ3v) is 4.41. The Morgan fingerprint density at radius 3 is 2.73 bits per heavy atom. The van der Waals surface area contributed by atoms with E-state index < -0.39 is 0 Å². The van der Waals surface area contributed by atoms with Crippen LogP contribution in [0.4, 0.5) is 4.39 Å². The number of hydrogen-bond acceptors (Lipinski definition) is 2. The van der Waals surface area contributed by atoms with Crippen LogP contribution in [0.2, 0.25) is 0 Å². The summed E-state index contributed by atoms with van der Waals surface area (Å²) < 4.78 is 19.3. The van der Waals surface area contributed by atoms with Crippen molar-refractivity contribution < 1.29 is 9.13 Å².